The second-order valence-corrected chi connectivity index (χ2v) is 7.56. The number of hydrogen-bond donors (Lipinski definition) is 2. The molecule has 0 aliphatic heterocycles. The highest BCUT2D eigenvalue weighted by molar-refractivity contribution is 7.89. The monoisotopic (exact) mass is 328 g/mol. The molecular weight excluding hydrogens is 300 g/mol. The van der Waals surface area contributed by atoms with Crippen LogP contribution in [-0.4, -0.2) is 34.7 Å². The maximum absolute atomic E-state index is 12.6. The van der Waals surface area contributed by atoms with Gasteiger partial charge in [0.25, 0.3) is 0 Å². The van der Waals surface area contributed by atoms with E-state index >= 15 is 0 Å². The van der Waals surface area contributed by atoms with Gasteiger partial charge in [-0.1, -0.05) is 20.8 Å². The minimum absolute atomic E-state index is 0.0860. The van der Waals surface area contributed by atoms with Crippen LogP contribution in [0.3, 0.4) is 0 Å². The number of nitrogens with one attached hydrogen (secondary N) is 2. The average molecular weight is 328 g/mol. The van der Waals surface area contributed by atoms with Gasteiger partial charge in [0.1, 0.15) is 5.75 Å². The molecule has 0 fully saturated rings. The maximum Gasteiger partial charge on any atom is 0.240 e. The predicted molar refractivity (Wildman–Crippen MR) is 90.1 cm³/mol. The van der Waals surface area contributed by atoms with Crippen LogP contribution in [0.2, 0.25) is 0 Å². The van der Waals surface area contributed by atoms with Gasteiger partial charge in [-0.3, -0.25) is 0 Å². The average Bonchev–Trinajstić information content (AvgIpc) is 2.44. The molecule has 5 nitrogen and oxygen atoms in total. The summed E-state index contributed by atoms with van der Waals surface area (Å²) in [6.45, 7) is 10.9. The van der Waals surface area contributed by atoms with Crippen molar-refractivity contribution in [2.24, 2.45) is 0 Å². The summed E-state index contributed by atoms with van der Waals surface area (Å²) in [5.74, 6) is 0.914. The summed E-state index contributed by atoms with van der Waals surface area (Å²) in [6.07, 6.45) is 0. The van der Waals surface area contributed by atoms with Gasteiger partial charge in [-0.2, -0.15) is 0 Å². The van der Waals surface area contributed by atoms with Gasteiger partial charge in [-0.15, -0.1) is 0 Å². The van der Waals surface area contributed by atoms with Crippen molar-refractivity contribution in [3.05, 3.63) is 23.3 Å². The molecule has 0 heterocycles. The van der Waals surface area contributed by atoms with Gasteiger partial charge in [0, 0.05) is 12.6 Å². The van der Waals surface area contributed by atoms with Crippen LogP contribution in [0.1, 0.15) is 44.7 Å². The van der Waals surface area contributed by atoms with Crippen molar-refractivity contribution in [2.45, 2.75) is 51.5 Å². The normalized spacial score (nSPS) is 13.4. The molecule has 0 aliphatic rings. The maximum atomic E-state index is 12.6. The molecule has 126 valence electrons. The number of benzene rings is 1. The highest BCUT2D eigenvalue weighted by Gasteiger charge is 2.21. The number of methoxy groups -OCH3 is 1. The van der Waals surface area contributed by atoms with Crippen LogP contribution in [0.15, 0.2) is 17.0 Å². The molecule has 0 spiro atoms. The Kier molecular flexibility index (Phi) is 6.84. The molecule has 0 saturated carbocycles. The van der Waals surface area contributed by atoms with Crippen molar-refractivity contribution < 1.29 is 13.2 Å². The van der Waals surface area contributed by atoms with Crippen molar-refractivity contribution in [2.75, 3.05) is 20.2 Å². The fourth-order valence-electron chi connectivity index (χ4n) is 2.33. The van der Waals surface area contributed by atoms with Gasteiger partial charge in [-0.05, 0) is 49.6 Å². The number of hydrogen-bond acceptors (Lipinski definition) is 4. The van der Waals surface area contributed by atoms with Gasteiger partial charge in [0.05, 0.1) is 12.0 Å². The standard InChI is InChI=1S/C16H28N2O3S/c1-7-17-13(5)10-18-22(19,20)16-9-14(11(2)3)15(21-6)8-12(16)4/h8-9,11,13,17-18H,7,10H2,1-6H3/t13-/m1/s1. The summed E-state index contributed by atoms with van der Waals surface area (Å²) in [5.41, 5.74) is 1.58. The minimum Gasteiger partial charge on any atom is -0.496 e. The van der Waals surface area contributed by atoms with E-state index in [1.165, 1.54) is 0 Å². The van der Waals surface area contributed by atoms with E-state index in [4.69, 9.17) is 4.74 Å². The van der Waals surface area contributed by atoms with Crippen LogP contribution in [0.25, 0.3) is 0 Å². The number of aryl methyl sites for hydroxylation is 1. The van der Waals surface area contributed by atoms with Crippen molar-refractivity contribution >= 4 is 10.0 Å². The summed E-state index contributed by atoms with van der Waals surface area (Å²) < 4.78 is 33.1. The van der Waals surface area contributed by atoms with E-state index < -0.39 is 10.0 Å². The molecule has 1 rings (SSSR count). The summed E-state index contributed by atoms with van der Waals surface area (Å²) in [7, 11) is -1.93. The highest BCUT2D eigenvalue weighted by Crippen LogP contribution is 2.31. The second-order valence-electron chi connectivity index (χ2n) is 5.82. The molecule has 0 aliphatic carbocycles. The van der Waals surface area contributed by atoms with Gasteiger partial charge in [0.2, 0.25) is 10.0 Å². The Balaban J connectivity index is 3.11. The lowest BCUT2D eigenvalue weighted by atomic mass is 10.0. The molecule has 0 bridgehead atoms. The van der Waals surface area contributed by atoms with Crippen molar-refractivity contribution in [1.82, 2.24) is 10.0 Å². The molecule has 1 aromatic carbocycles. The highest BCUT2D eigenvalue weighted by atomic mass is 32.2. The zero-order valence-electron chi connectivity index (χ0n) is 14.4. The first-order chi connectivity index (χ1) is 10.2. The zero-order chi connectivity index (χ0) is 16.9. The number of likely N-dealkylation sites (N-methyl/N-ethyl adjacent to an activating group) is 1. The molecule has 2 N–H and O–H groups in total. The molecule has 22 heavy (non-hydrogen) atoms. The number of ether oxygens (including phenoxy) is 1. The van der Waals surface area contributed by atoms with E-state index in [1.807, 2.05) is 27.7 Å². The quantitative estimate of drug-likeness (QED) is 0.769. The molecule has 0 amide bonds. The Bertz CT molecular complexity index is 598. The van der Waals surface area contributed by atoms with Crippen LogP contribution in [0.4, 0.5) is 0 Å². The third-order valence-electron chi connectivity index (χ3n) is 3.57. The summed E-state index contributed by atoms with van der Waals surface area (Å²) in [6, 6.07) is 3.60. The van der Waals surface area contributed by atoms with Crippen LogP contribution in [0.5, 0.6) is 5.75 Å². The largest absolute Gasteiger partial charge is 0.496 e. The first kappa shape index (κ1) is 18.9. The van der Waals surface area contributed by atoms with E-state index in [2.05, 4.69) is 10.0 Å². The minimum atomic E-state index is -3.53. The van der Waals surface area contributed by atoms with E-state index in [1.54, 1.807) is 26.2 Å². The molecule has 1 atom stereocenters. The lowest BCUT2D eigenvalue weighted by Crippen LogP contribution is -2.39. The molecule has 0 radical (unpaired) electrons. The SMILES string of the molecule is CCN[C@H](C)CNS(=O)(=O)c1cc(C(C)C)c(OC)cc1C. The van der Waals surface area contributed by atoms with Crippen molar-refractivity contribution in [3.8, 4) is 5.75 Å². The second kappa shape index (κ2) is 7.94. The molecule has 0 unspecified atom stereocenters. The zero-order valence-corrected chi connectivity index (χ0v) is 15.2. The van der Waals surface area contributed by atoms with E-state index in [0.29, 0.717) is 17.0 Å². The van der Waals surface area contributed by atoms with E-state index in [0.717, 1.165) is 17.9 Å². The van der Waals surface area contributed by atoms with Gasteiger partial charge < -0.3 is 10.1 Å². The van der Waals surface area contributed by atoms with Crippen LogP contribution < -0.4 is 14.8 Å². The Morgan fingerprint density at radius 3 is 2.36 bits per heavy atom. The van der Waals surface area contributed by atoms with Crippen LogP contribution >= 0.6 is 0 Å². The Labute approximate surface area is 134 Å². The Morgan fingerprint density at radius 2 is 1.86 bits per heavy atom. The predicted octanol–water partition coefficient (Wildman–Crippen LogP) is 2.40. The first-order valence-corrected chi connectivity index (χ1v) is 9.12. The molecule has 6 heteroatoms. The summed E-state index contributed by atoms with van der Waals surface area (Å²) in [4.78, 5) is 0.320. The van der Waals surface area contributed by atoms with Gasteiger partial charge in [-0.25, -0.2) is 13.1 Å². The van der Waals surface area contributed by atoms with E-state index in [9.17, 15) is 8.42 Å². The number of rotatable bonds is 8. The third kappa shape index (κ3) is 4.69. The smallest absolute Gasteiger partial charge is 0.240 e. The third-order valence-corrected chi connectivity index (χ3v) is 5.14. The van der Waals surface area contributed by atoms with Crippen molar-refractivity contribution in [1.29, 1.82) is 0 Å². The molecule has 0 saturated heterocycles. The Hall–Kier alpha value is -1.11. The topological polar surface area (TPSA) is 67.4 Å². The summed E-state index contributed by atoms with van der Waals surface area (Å²) in [5, 5.41) is 3.19. The fraction of sp³-hybridized carbons (Fsp3) is 0.625. The van der Waals surface area contributed by atoms with Crippen LogP contribution in [0, 0.1) is 6.92 Å². The van der Waals surface area contributed by atoms with E-state index in [-0.39, 0.29) is 12.0 Å². The number of sulfonamides is 1. The van der Waals surface area contributed by atoms with Crippen LogP contribution in [-0.2, 0) is 10.0 Å². The lowest BCUT2D eigenvalue weighted by molar-refractivity contribution is 0.406. The fourth-order valence-corrected chi connectivity index (χ4v) is 3.72. The van der Waals surface area contributed by atoms with Gasteiger partial charge in [0.15, 0.2) is 0 Å². The summed E-state index contributed by atoms with van der Waals surface area (Å²) >= 11 is 0. The lowest BCUT2D eigenvalue weighted by Gasteiger charge is -2.18. The Morgan fingerprint density at radius 1 is 1.23 bits per heavy atom. The van der Waals surface area contributed by atoms with Gasteiger partial charge >= 0.3 is 0 Å². The molecule has 0 aromatic heterocycles. The first-order valence-electron chi connectivity index (χ1n) is 7.64. The van der Waals surface area contributed by atoms with Crippen molar-refractivity contribution in [3.63, 3.8) is 0 Å². The molecule has 1 aromatic rings. The molecular formula is C16H28N2O3S.